The Morgan fingerprint density at radius 3 is 2.53 bits per heavy atom. The lowest BCUT2D eigenvalue weighted by Crippen LogP contribution is -2.17. The molecule has 0 unspecified atom stereocenters. The molecule has 1 aromatic rings. The number of anilines is 1. The van der Waals surface area contributed by atoms with E-state index in [2.05, 4.69) is 4.98 Å². The maximum Gasteiger partial charge on any atom is 0.435 e. The molecule has 1 aromatic heterocycles. The Hall–Kier alpha value is -1.51. The second-order valence-electron chi connectivity index (χ2n) is 4.26. The summed E-state index contributed by atoms with van der Waals surface area (Å²) >= 11 is 0. The number of rotatable bonds is 4. The fourth-order valence-electron chi connectivity index (χ4n) is 1.39. The van der Waals surface area contributed by atoms with Gasteiger partial charge < -0.3 is 4.74 Å². The highest BCUT2D eigenvalue weighted by molar-refractivity contribution is 7.92. The Morgan fingerprint density at radius 1 is 1.42 bits per heavy atom. The van der Waals surface area contributed by atoms with Gasteiger partial charge in [0.05, 0.1) is 24.2 Å². The molecule has 1 fully saturated rings. The molecule has 19 heavy (non-hydrogen) atoms. The molecule has 0 atom stereocenters. The van der Waals surface area contributed by atoms with Crippen LogP contribution in [0.3, 0.4) is 0 Å². The zero-order valence-corrected chi connectivity index (χ0v) is 10.7. The predicted octanol–water partition coefficient (Wildman–Crippen LogP) is 2.01. The van der Waals surface area contributed by atoms with Crippen LogP contribution in [0.5, 0.6) is 5.75 Å². The van der Waals surface area contributed by atoms with Gasteiger partial charge in [0, 0.05) is 6.07 Å². The molecule has 1 saturated carbocycles. The van der Waals surface area contributed by atoms with Crippen LogP contribution in [0.15, 0.2) is 12.3 Å². The largest absolute Gasteiger partial charge is 0.489 e. The minimum atomic E-state index is -4.74. The average molecular weight is 296 g/mol. The molecule has 1 N–H and O–H groups in total. The van der Waals surface area contributed by atoms with Crippen molar-refractivity contribution in [3.8, 4) is 5.75 Å². The molecule has 0 radical (unpaired) electrons. The van der Waals surface area contributed by atoms with E-state index in [9.17, 15) is 21.6 Å². The predicted molar refractivity (Wildman–Crippen MR) is 61.4 cm³/mol. The van der Waals surface area contributed by atoms with Crippen molar-refractivity contribution in [1.82, 2.24) is 4.98 Å². The number of hydrogen-bond donors (Lipinski definition) is 1. The number of halogens is 3. The van der Waals surface area contributed by atoms with Crippen LogP contribution in [0.2, 0.25) is 0 Å². The first-order valence-electron chi connectivity index (χ1n) is 5.37. The van der Waals surface area contributed by atoms with Gasteiger partial charge in [0.2, 0.25) is 10.0 Å². The number of nitrogens with zero attached hydrogens (tertiary/aromatic N) is 1. The zero-order valence-electron chi connectivity index (χ0n) is 9.86. The molecule has 1 aliphatic carbocycles. The molecule has 0 aromatic carbocycles. The molecule has 1 heterocycles. The Bertz CT molecular complexity index is 582. The number of hydrogen-bond acceptors (Lipinski definition) is 4. The van der Waals surface area contributed by atoms with Crippen molar-refractivity contribution < 1.29 is 26.3 Å². The summed E-state index contributed by atoms with van der Waals surface area (Å²) in [7, 11) is -3.84. The number of pyridine rings is 1. The molecule has 106 valence electrons. The first kappa shape index (κ1) is 13.9. The van der Waals surface area contributed by atoms with Crippen LogP contribution in [0.4, 0.5) is 18.9 Å². The standard InChI is InChI=1S/C10H11F3N2O3S/c1-19(16,17)15-8-4-7(18-6-2-3-6)5-14-9(8)10(11,12)13/h4-6,15H,2-3H2,1H3. The first-order chi connectivity index (χ1) is 8.65. The van der Waals surface area contributed by atoms with E-state index in [1.807, 2.05) is 0 Å². The monoisotopic (exact) mass is 296 g/mol. The second-order valence-corrected chi connectivity index (χ2v) is 6.00. The van der Waals surface area contributed by atoms with Gasteiger partial charge in [0.25, 0.3) is 0 Å². The van der Waals surface area contributed by atoms with Gasteiger partial charge in [-0.2, -0.15) is 13.2 Å². The molecule has 0 bridgehead atoms. The third kappa shape index (κ3) is 3.98. The summed E-state index contributed by atoms with van der Waals surface area (Å²) < 4.78 is 67.3. The lowest BCUT2D eigenvalue weighted by atomic mass is 10.3. The third-order valence-electron chi connectivity index (χ3n) is 2.25. The van der Waals surface area contributed by atoms with Gasteiger partial charge in [-0.25, -0.2) is 13.4 Å². The van der Waals surface area contributed by atoms with E-state index >= 15 is 0 Å². The average Bonchev–Trinajstić information content (AvgIpc) is 2.97. The minimum absolute atomic E-state index is 0.0235. The molecule has 0 saturated heterocycles. The minimum Gasteiger partial charge on any atom is -0.489 e. The van der Waals surface area contributed by atoms with Crippen LogP contribution in [0, 0.1) is 0 Å². The summed E-state index contributed by atoms with van der Waals surface area (Å²) in [6.07, 6.45) is -1.41. The number of aromatic nitrogens is 1. The lowest BCUT2D eigenvalue weighted by Gasteiger charge is -2.14. The zero-order chi connectivity index (χ0) is 14.3. The van der Waals surface area contributed by atoms with Gasteiger partial charge in [-0.3, -0.25) is 4.72 Å². The summed E-state index contributed by atoms with van der Waals surface area (Å²) in [5.74, 6) is 0.113. The van der Waals surface area contributed by atoms with Crippen LogP contribution in [-0.4, -0.2) is 25.8 Å². The van der Waals surface area contributed by atoms with Crippen molar-refractivity contribution in [1.29, 1.82) is 0 Å². The van der Waals surface area contributed by atoms with Gasteiger partial charge in [-0.1, -0.05) is 0 Å². The highest BCUT2D eigenvalue weighted by atomic mass is 32.2. The van der Waals surface area contributed by atoms with E-state index in [1.54, 1.807) is 4.72 Å². The quantitative estimate of drug-likeness (QED) is 0.923. The molecule has 0 aliphatic heterocycles. The van der Waals surface area contributed by atoms with Gasteiger partial charge in [-0.15, -0.1) is 0 Å². The molecular formula is C10H11F3N2O3S. The van der Waals surface area contributed by atoms with Crippen molar-refractivity contribution in [2.75, 3.05) is 11.0 Å². The second kappa shape index (κ2) is 4.55. The van der Waals surface area contributed by atoms with Crippen LogP contribution in [0.25, 0.3) is 0 Å². The van der Waals surface area contributed by atoms with Gasteiger partial charge in [-0.05, 0) is 12.8 Å². The molecule has 5 nitrogen and oxygen atoms in total. The Labute approximate surface area is 107 Å². The summed E-state index contributed by atoms with van der Waals surface area (Å²) in [5, 5.41) is 0. The smallest absolute Gasteiger partial charge is 0.435 e. The number of alkyl halides is 3. The normalized spacial score (nSPS) is 16.2. The summed E-state index contributed by atoms with van der Waals surface area (Å²) in [6, 6.07) is 0.995. The molecular weight excluding hydrogens is 285 g/mol. The fourth-order valence-corrected chi connectivity index (χ4v) is 1.95. The highest BCUT2D eigenvalue weighted by Gasteiger charge is 2.36. The SMILES string of the molecule is CS(=O)(=O)Nc1cc(OC2CC2)cnc1C(F)(F)F. The molecule has 1 aliphatic rings. The number of ether oxygens (including phenoxy) is 1. The maximum absolute atomic E-state index is 12.7. The van der Waals surface area contributed by atoms with Crippen molar-refractivity contribution in [2.45, 2.75) is 25.1 Å². The Kier molecular flexibility index (Phi) is 3.33. The molecule has 9 heteroatoms. The van der Waals surface area contributed by atoms with Crippen molar-refractivity contribution in [2.24, 2.45) is 0 Å². The maximum atomic E-state index is 12.7. The Morgan fingerprint density at radius 2 is 2.05 bits per heavy atom. The first-order valence-corrected chi connectivity index (χ1v) is 7.26. The van der Waals surface area contributed by atoms with E-state index in [4.69, 9.17) is 4.74 Å². The number of nitrogens with one attached hydrogen (secondary N) is 1. The van der Waals surface area contributed by atoms with Gasteiger partial charge in [0.1, 0.15) is 5.75 Å². The van der Waals surface area contributed by atoms with Crippen molar-refractivity contribution in [3.63, 3.8) is 0 Å². The van der Waals surface area contributed by atoms with Crippen molar-refractivity contribution >= 4 is 15.7 Å². The van der Waals surface area contributed by atoms with Crippen LogP contribution in [0.1, 0.15) is 18.5 Å². The van der Waals surface area contributed by atoms with E-state index in [0.717, 1.165) is 31.4 Å². The van der Waals surface area contributed by atoms with Crippen LogP contribution in [-0.2, 0) is 16.2 Å². The van der Waals surface area contributed by atoms with Gasteiger partial charge >= 0.3 is 6.18 Å². The lowest BCUT2D eigenvalue weighted by molar-refractivity contribution is -0.140. The number of sulfonamides is 1. The molecule has 0 amide bonds. The van der Waals surface area contributed by atoms with Crippen LogP contribution >= 0.6 is 0 Å². The van der Waals surface area contributed by atoms with E-state index in [1.165, 1.54) is 0 Å². The van der Waals surface area contributed by atoms with E-state index in [0.29, 0.717) is 0 Å². The van der Waals surface area contributed by atoms with Crippen LogP contribution < -0.4 is 9.46 Å². The molecule has 2 rings (SSSR count). The highest BCUT2D eigenvalue weighted by Crippen LogP contribution is 2.36. The Balaban J connectivity index is 2.37. The van der Waals surface area contributed by atoms with Gasteiger partial charge in [0.15, 0.2) is 5.69 Å². The summed E-state index contributed by atoms with van der Waals surface area (Å²) in [4.78, 5) is 3.24. The fraction of sp³-hybridized carbons (Fsp3) is 0.500. The van der Waals surface area contributed by atoms with E-state index in [-0.39, 0.29) is 11.9 Å². The third-order valence-corrected chi connectivity index (χ3v) is 2.84. The summed E-state index contributed by atoms with van der Waals surface area (Å²) in [5.41, 5.74) is -1.92. The van der Waals surface area contributed by atoms with E-state index < -0.39 is 27.6 Å². The topological polar surface area (TPSA) is 68.3 Å². The molecule has 0 spiro atoms. The van der Waals surface area contributed by atoms with Crippen molar-refractivity contribution in [3.05, 3.63) is 18.0 Å². The summed E-state index contributed by atoms with van der Waals surface area (Å²) in [6.45, 7) is 0.